The van der Waals surface area contributed by atoms with Crippen molar-refractivity contribution in [1.29, 1.82) is 0 Å². The first-order valence-electron chi connectivity index (χ1n) is 12.2. The number of likely N-dealkylation sites (tertiary alicyclic amines) is 2. The molecule has 2 aliphatic rings. The van der Waals surface area contributed by atoms with Crippen molar-refractivity contribution in [2.45, 2.75) is 44.6 Å². The van der Waals surface area contributed by atoms with Crippen molar-refractivity contribution in [3.8, 4) is 11.4 Å². The minimum Gasteiger partial charge on any atom is -0.380 e. The monoisotopic (exact) mass is 475 g/mol. The van der Waals surface area contributed by atoms with Gasteiger partial charge in [-0.2, -0.15) is 4.98 Å². The molecule has 2 aromatic heterocycles. The second kappa shape index (κ2) is 8.53. The lowest BCUT2D eigenvalue weighted by Crippen LogP contribution is -2.63. The molecule has 8 heteroatoms. The molecule has 0 bridgehead atoms. The number of benzene rings is 1. The van der Waals surface area contributed by atoms with Gasteiger partial charge < -0.3 is 19.4 Å². The van der Waals surface area contributed by atoms with Crippen LogP contribution in [0.15, 0.2) is 47.2 Å². The molecule has 0 spiro atoms. The number of hydrogen-bond acceptors (Lipinski definition) is 7. The fraction of sp³-hybridized carbons (Fsp3) is 0.481. The molecule has 8 nitrogen and oxygen atoms in total. The van der Waals surface area contributed by atoms with E-state index in [0.717, 1.165) is 18.7 Å². The molecule has 2 saturated heterocycles. The highest BCUT2D eigenvalue weighted by atomic mass is 16.5. The Kier molecular flexibility index (Phi) is 5.76. The highest BCUT2D eigenvalue weighted by Crippen LogP contribution is 2.50. The zero-order valence-electron chi connectivity index (χ0n) is 21.0. The van der Waals surface area contributed by atoms with E-state index in [9.17, 15) is 9.90 Å². The first-order chi connectivity index (χ1) is 16.6. The summed E-state index contributed by atoms with van der Waals surface area (Å²) in [4.78, 5) is 24.9. The van der Waals surface area contributed by atoms with E-state index in [2.05, 4.69) is 60.0 Å². The lowest BCUT2D eigenvalue weighted by molar-refractivity contribution is -0.127. The molecule has 0 aliphatic carbocycles. The van der Waals surface area contributed by atoms with Crippen LogP contribution in [0.5, 0.6) is 0 Å². The Morgan fingerprint density at radius 2 is 1.86 bits per heavy atom. The third kappa shape index (κ3) is 3.94. The number of rotatable bonds is 6. The molecule has 2 fully saturated rings. The Hall–Kier alpha value is -3.10. The Bertz CT molecular complexity index is 1230. The number of carbonyl (C=O) groups is 1. The topological polar surface area (TPSA) is 95.6 Å². The molecular weight excluding hydrogens is 442 g/mol. The lowest BCUT2D eigenvalue weighted by atomic mass is 9.62. The molecule has 4 heterocycles. The SMILES string of the molecule is CC(C)c1ccc(C(O)(c2cncc(-c3noc([C@H]4CC(=O)N(C)C4)n3)c2)C2(C)CN(C)C2)cc1. The molecular formula is C27H33N5O3. The normalized spacial score (nSPS) is 21.9. The van der Waals surface area contributed by atoms with Gasteiger partial charge in [0.1, 0.15) is 5.60 Å². The zero-order valence-corrected chi connectivity index (χ0v) is 21.0. The molecule has 0 radical (unpaired) electrons. The first-order valence-corrected chi connectivity index (χ1v) is 12.2. The van der Waals surface area contributed by atoms with E-state index in [1.807, 2.05) is 18.2 Å². The van der Waals surface area contributed by atoms with Crippen LogP contribution in [-0.4, -0.2) is 69.7 Å². The number of hydrogen-bond donors (Lipinski definition) is 1. The summed E-state index contributed by atoms with van der Waals surface area (Å²) in [6, 6.07) is 10.2. The van der Waals surface area contributed by atoms with Crippen molar-refractivity contribution in [2.24, 2.45) is 5.41 Å². The number of pyridine rings is 1. The van der Waals surface area contributed by atoms with E-state index in [-0.39, 0.29) is 11.8 Å². The van der Waals surface area contributed by atoms with Crippen LogP contribution in [0.25, 0.3) is 11.4 Å². The predicted octanol–water partition coefficient (Wildman–Crippen LogP) is 3.39. The average Bonchev–Trinajstić information content (AvgIpc) is 3.44. The molecule has 2 aliphatic heterocycles. The highest BCUT2D eigenvalue weighted by Gasteiger charge is 2.55. The van der Waals surface area contributed by atoms with Crippen LogP contribution in [0.2, 0.25) is 0 Å². The van der Waals surface area contributed by atoms with Gasteiger partial charge in [0, 0.05) is 62.0 Å². The van der Waals surface area contributed by atoms with Gasteiger partial charge in [0.05, 0.1) is 5.92 Å². The summed E-state index contributed by atoms with van der Waals surface area (Å²) in [7, 11) is 3.84. The van der Waals surface area contributed by atoms with Crippen molar-refractivity contribution in [2.75, 3.05) is 33.7 Å². The maximum atomic E-state index is 12.4. The molecule has 0 saturated carbocycles. The van der Waals surface area contributed by atoms with Gasteiger partial charge in [0.25, 0.3) is 0 Å². The number of aliphatic hydroxyl groups is 1. The van der Waals surface area contributed by atoms with Crippen molar-refractivity contribution < 1.29 is 14.4 Å². The maximum absolute atomic E-state index is 12.4. The van der Waals surface area contributed by atoms with Crippen LogP contribution in [0.4, 0.5) is 0 Å². The van der Waals surface area contributed by atoms with Gasteiger partial charge >= 0.3 is 0 Å². The second-order valence-corrected chi connectivity index (χ2v) is 10.8. The zero-order chi connectivity index (χ0) is 25.0. The number of likely N-dealkylation sites (N-methyl/N-ethyl adjacent to an activating group) is 1. The predicted molar refractivity (Wildman–Crippen MR) is 132 cm³/mol. The highest BCUT2D eigenvalue weighted by molar-refractivity contribution is 5.79. The maximum Gasteiger partial charge on any atom is 0.232 e. The van der Waals surface area contributed by atoms with E-state index in [1.54, 1.807) is 24.3 Å². The van der Waals surface area contributed by atoms with Gasteiger partial charge in [-0.1, -0.05) is 50.2 Å². The third-order valence-electron chi connectivity index (χ3n) is 7.65. The largest absolute Gasteiger partial charge is 0.380 e. The summed E-state index contributed by atoms with van der Waals surface area (Å²) < 4.78 is 5.52. The molecule has 2 atom stereocenters. The summed E-state index contributed by atoms with van der Waals surface area (Å²) in [6.45, 7) is 8.53. The van der Waals surface area contributed by atoms with Gasteiger partial charge in [-0.25, -0.2) is 0 Å². The van der Waals surface area contributed by atoms with Gasteiger partial charge in [-0.3, -0.25) is 9.78 Å². The second-order valence-electron chi connectivity index (χ2n) is 10.8. The number of nitrogens with zero attached hydrogens (tertiary/aromatic N) is 5. The summed E-state index contributed by atoms with van der Waals surface area (Å²) in [5.41, 5.74) is 1.81. The molecule has 1 aromatic carbocycles. The average molecular weight is 476 g/mol. The standard InChI is InChI=1S/C27H33N5O3/c1-17(2)18-6-8-21(9-7-18)27(34,26(3)15-31(4)16-26)22-10-19(12-28-13-22)24-29-25(35-30-24)20-11-23(33)32(5)14-20/h6-10,12-13,17,20,34H,11,14-16H2,1-5H3/t20-,27?/m0/s1. The molecule has 35 heavy (non-hydrogen) atoms. The summed E-state index contributed by atoms with van der Waals surface area (Å²) >= 11 is 0. The smallest absolute Gasteiger partial charge is 0.232 e. The van der Waals surface area contributed by atoms with Crippen LogP contribution in [-0.2, 0) is 10.4 Å². The Morgan fingerprint density at radius 3 is 2.46 bits per heavy atom. The van der Waals surface area contributed by atoms with E-state index >= 15 is 0 Å². The minimum absolute atomic E-state index is 0.0747. The van der Waals surface area contributed by atoms with Crippen molar-refractivity contribution in [3.05, 3.63) is 65.3 Å². The first kappa shape index (κ1) is 23.6. The quantitative estimate of drug-likeness (QED) is 0.584. The fourth-order valence-corrected chi connectivity index (χ4v) is 5.65. The molecule has 5 rings (SSSR count). The van der Waals surface area contributed by atoms with Gasteiger partial charge in [-0.15, -0.1) is 0 Å². The van der Waals surface area contributed by atoms with Gasteiger partial charge in [0.2, 0.25) is 17.6 Å². The van der Waals surface area contributed by atoms with Crippen molar-refractivity contribution in [1.82, 2.24) is 24.9 Å². The Balaban J connectivity index is 1.52. The Labute approximate surface area is 206 Å². The van der Waals surface area contributed by atoms with Crippen LogP contribution in [0, 0.1) is 5.41 Å². The molecule has 184 valence electrons. The lowest BCUT2D eigenvalue weighted by Gasteiger charge is -2.55. The van der Waals surface area contributed by atoms with E-state index in [1.165, 1.54) is 5.56 Å². The fourth-order valence-electron chi connectivity index (χ4n) is 5.65. The summed E-state index contributed by atoms with van der Waals surface area (Å²) in [6.07, 6.45) is 3.78. The number of carbonyl (C=O) groups excluding carboxylic acids is 1. The van der Waals surface area contributed by atoms with Crippen LogP contribution < -0.4 is 0 Å². The Morgan fingerprint density at radius 1 is 1.14 bits per heavy atom. The van der Waals surface area contributed by atoms with Crippen LogP contribution in [0.1, 0.15) is 61.6 Å². The van der Waals surface area contributed by atoms with Crippen molar-refractivity contribution in [3.63, 3.8) is 0 Å². The molecule has 3 aromatic rings. The minimum atomic E-state index is -1.24. The molecule has 1 unspecified atom stereocenters. The van der Waals surface area contributed by atoms with E-state index in [4.69, 9.17) is 4.52 Å². The summed E-state index contributed by atoms with van der Waals surface area (Å²) in [5.74, 6) is 1.24. The van der Waals surface area contributed by atoms with Gasteiger partial charge in [0.15, 0.2) is 0 Å². The number of aromatic nitrogens is 3. The summed E-state index contributed by atoms with van der Waals surface area (Å²) in [5, 5.41) is 16.6. The third-order valence-corrected chi connectivity index (χ3v) is 7.65. The van der Waals surface area contributed by atoms with E-state index in [0.29, 0.717) is 41.7 Å². The molecule has 1 amide bonds. The van der Waals surface area contributed by atoms with Crippen molar-refractivity contribution >= 4 is 5.91 Å². The van der Waals surface area contributed by atoms with Crippen LogP contribution in [0.3, 0.4) is 0 Å². The van der Waals surface area contributed by atoms with E-state index < -0.39 is 11.0 Å². The van der Waals surface area contributed by atoms with Gasteiger partial charge in [-0.05, 0) is 30.2 Å². The number of amides is 1. The van der Waals surface area contributed by atoms with Crippen LogP contribution >= 0.6 is 0 Å². The molecule has 1 N–H and O–H groups in total.